The monoisotopic (exact) mass is 348 g/mol. The average Bonchev–Trinajstić information content (AvgIpc) is 2.89. The van der Waals surface area contributed by atoms with Gasteiger partial charge in [-0.15, -0.1) is 11.6 Å². The fourth-order valence-electron chi connectivity index (χ4n) is 3.26. The summed E-state index contributed by atoms with van der Waals surface area (Å²) in [5.41, 5.74) is 0.438. The van der Waals surface area contributed by atoms with Gasteiger partial charge in [0.05, 0.1) is 23.3 Å². The van der Waals surface area contributed by atoms with Gasteiger partial charge in [0.2, 0.25) is 0 Å². The molecule has 1 aliphatic heterocycles. The molecule has 2 amide bonds. The molecule has 0 saturated heterocycles. The Morgan fingerprint density at radius 3 is 2.75 bits per heavy atom. The number of carbonyl (C=O) groups is 2. The molecule has 0 fully saturated rings. The number of hydrogen-bond acceptors (Lipinski definition) is 5. The summed E-state index contributed by atoms with van der Waals surface area (Å²) in [6.07, 6.45) is 0.914. The van der Waals surface area contributed by atoms with E-state index in [9.17, 15) is 9.59 Å². The number of oxime groups is 1. The van der Waals surface area contributed by atoms with Crippen LogP contribution in [0.1, 0.15) is 25.3 Å². The van der Waals surface area contributed by atoms with Crippen LogP contribution in [0.25, 0.3) is 0 Å². The summed E-state index contributed by atoms with van der Waals surface area (Å²) in [6.45, 7) is 1.58. The third-order valence-corrected chi connectivity index (χ3v) is 4.90. The summed E-state index contributed by atoms with van der Waals surface area (Å²) in [5.74, 6) is -0.877. The molecule has 0 radical (unpaired) electrons. The molecule has 0 saturated carbocycles. The Kier molecular flexibility index (Phi) is 4.43. The van der Waals surface area contributed by atoms with Gasteiger partial charge in [0.15, 0.2) is 0 Å². The van der Waals surface area contributed by atoms with Crippen molar-refractivity contribution in [2.45, 2.75) is 30.7 Å². The fraction of sp³-hybridized carbons (Fsp3) is 0.353. The van der Waals surface area contributed by atoms with Crippen molar-refractivity contribution in [1.82, 2.24) is 5.32 Å². The molecule has 1 heterocycles. The SMILES string of the molecule is CC(COC1(c2ccccc2)C2=C(CCC1Cl)C(=O)NC2=O)=NO. The number of imide groups is 1. The highest BCUT2D eigenvalue weighted by Crippen LogP contribution is 2.48. The van der Waals surface area contributed by atoms with E-state index in [4.69, 9.17) is 21.5 Å². The Bertz CT molecular complexity index is 744. The summed E-state index contributed by atoms with van der Waals surface area (Å²) < 4.78 is 6.06. The van der Waals surface area contributed by atoms with E-state index in [-0.39, 0.29) is 12.2 Å². The molecule has 2 aliphatic rings. The molecule has 0 bridgehead atoms. The van der Waals surface area contributed by atoms with Gasteiger partial charge in [0.1, 0.15) is 5.60 Å². The van der Waals surface area contributed by atoms with Gasteiger partial charge in [-0.25, -0.2) is 0 Å². The zero-order valence-electron chi connectivity index (χ0n) is 13.1. The van der Waals surface area contributed by atoms with E-state index in [1.165, 1.54) is 0 Å². The maximum atomic E-state index is 12.5. The van der Waals surface area contributed by atoms with Crippen molar-refractivity contribution in [3.8, 4) is 0 Å². The quantitative estimate of drug-likeness (QED) is 0.287. The third-order valence-electron chi connectivity index (χ3n) is 4.37. The van der Waals surface area contributed by atoms with Crippen molar-refractivity contribution < 1.29 is 19.5 Å². The lowest BCUT2D eigenvalue weighted by Crippen LogP contribution is -2.47. The summed E-state index contributed by atoms with van der Waals surface area (Å²) >= 11 is 6.63. The predicted molar refractivity (Wildman–Crippen MR) is 88.0 cm³/mol. The molecular formula is C17H17ClN2O4. The minimum atomic E-state index is -1.27. The molecule has 0 spiro atoms. The number of halogens is 1. The Labute approximate surface area is 144 Å². The van der Waals surface area contributed by atoms with Crippen molar-refractivity contribution in [2.24, 2.45) is 5.16 Å². The molecule has 126 valence electrons. The zero-order chi connectivity index (χ0) is 17.3. The number of alkyl halides is 1. The van der Waals surface area contributed by atoms with E-state index in [2.05, 4.69) is 10.5 Å². The molecule has 1 aromatic carbocycles. The minimum Gasteiger partial charge on any atom is -0.411 e. The highest BCUT2D eigenvalue weighted by Gasteiger charge is 2.54. The van der Waals surface area contributed by atoms with Crippen LogP contribution in [-0.4, -0.2) is 34.7 Å². The number of ether oxygens (including phenoxy) is 1. The average molecular weight is 349 g/mol. The number of amides is 2. The molecule has 1 aliphatic carbocycles. The van der Waals surface area contributed by atoms with Gasteiger partial charge >= 0.3 is 0 Å². The van der Waals surface area contributed by atoms with Crippen LogP contribution in [0.15, 0.2) is 46.6 Å². The van der Waals surface area contributed by atoms with Crippen LogP contribution in [0.5, 0.6) is 0 Å². The van der Waals surface area contributed by atoms with E-state index >= 15 is 0 Å². The smallest absolute Gasteiger partial charge is 0.257 e. The molecule has 6 nitrogen and oxygen atoms in total. The van der Waals surface area contributed by atoms with E-state index < -0.39 is 22.8 Å². The fourth-order valence-corrected chi connectivity index (χ4v) is 3.67. The lowest BCUT2D eigenvalue weighted by Gasteiger charge is -2.41. The topological polar surface area (TPSA) is 88.0 Å². The van der Waals surface area contributed by atoms with Gasteiger partial charge < -0.3 is 9.94 Å². The first kappa shape index (κ1) is 16.7. The summed E-state index contributed by atoms with van der Waals surface area (Å²) in [5, 5.41) is 13.8. The second-order valence-electron chi connectivity index (χ2n) is 5.87. The number of carbonyl (C=O) groups excluding carboxylic acids is 2. The van der Waals surface area contributed by atoms with Crippen LogP contribution in [0.4, 0.5) is 0 Å². The van der Waals surface area contributed by atoms with Crippen LogP contribution in [0.2, 0.25) is 0 Å². The van der Waals surface area contributed by atoms with Gasteiger partial charge in [-0.1, -0.05) is 35.5 Å². The molecule has 1 aromatic rings. The van der Waals surface area contributed by atoms with E-state index in [0.29, 0.717) is 29.7 Å². The molecular weight excluding hydrogens is 332 g/mol. The zero-order valence-corrected chi connectivity index (χ0v) is 13.8. The van der Waals surface area contributed by atoms with Crippen LogP contribution in [0, 0.1) is 0 Å². The van der Waals surface area contributed by atoms with Crippen molar-refractivity contribution >= 4 is 29.1 Å². The van der Waals surface area contributed by atoms with Crippen LogP contribution in [0.3, 0.4) is 0 Å². The predicted octanol–water partition coefficient (Wildman–Crippen LogP) is 2.10. The highest BCUT2D eigenvalue weighted by molar-refractivity contribution is 6.26. The lowest BCUT2D eigenvalue weighted by atomic mass is 9.74. The first-order valence-corrected chi connectivity index (χ1v) is 8.04. The van der Waals surface area contributed by atoms with Crippen molar-refractivity contribution in [3.05, 3.63) is 47.0 Å². The van der Waals surface area contributed by atoms with Gasteiger partial charge in [0.25, 0.3) is 11.8 Å². The molecule has 24 heavy (non-hydrogen) atoms. The molecule has 3 rings (SSSR count). The first-order chi connectivity index (χ1) is 11.5. The largest absolute Gasteiger partial charge is 0.411 e. The summed E-state index contributed by atoms with van der Waals surface area (Å²) in [4.78, 5) is 24.5. The van der Waals surface area contributed by atoms with Crippen molar-refractivity contribution in [2.75, 3.05) is 6.61 Å². The normalized spacial score (nSPS) is 27.2. The van der Waals surface area contributed by atoms with Crippen LogP contribution >= 0.6 is 11.6 Å². The molecule has 0 aromatic heterocycles. The number of hydrogen-bond donors (Lipinski definition) is 2. The minimum absolute atomic E-state index is 0.0210. The second-order valence-corrected chi connectivity index (χ2v) is 6.40. The van der Waals surface area contributed by atoms with Crippen molar-refractivity contribution in [3.63, 3.8) is 0 Å². The van der Waals surface area contributed by atoms with Gasteiger partial charge in [-0.2, -0.15) is 0 Å². The Morgan fingerprint density at radius 2 is 2.08 bits per heavy atom. The lowest BCUT2D eigenvalue weighted by molar-refractivity contribution is -0.125. The van der Waals surface area contributed by atoms with E-state index in [0.717, 1.165) is 0 Å². The summed E-state index contributed by atoms with van der Waals surface area (Å²) in [7, 11) is 0. The van der Waals surface area contributed by atoms with Crippen LogP contribution in [-0.2, 0) is 19.9 Å². The first-order valence-electron chi connectivity index (χ1n) is 7.61. The standard InChI is InChI=1S/C17H17ClN2O4/c1-10(20-23)9-24-17(11-5-3-2-4-6-11)13(18)8-7-12-14(17)16(22)19-15(12)21/h2-6,13,23H,7-9H2,1H3,(H,19,21,22). The third kappa shape index (κ3) is 2.52. The van der Waals surface area contributed by atoms with Crippen molar-refractivity contribution in [1.29, 1.82) is 0 Å². The number of benzene rings is 1. The number of rotatable bonds is 4. The van der Waals surface area contributed by atoms with Crippen LogP contribution < -0.4 is 5.32 Å². The Hall–Kier alpha value is -2.18. The molecule has 2 N–H and O–H groups in total. The second kappa shape index (κ2) is 6.37. The Morgan fingerprint density at radius 1 is 1.38 bits per heavy atom. The van der Waals surface area contributed by atoms with Gasteiger partial charge in [-0.05, 0) is 25.3 Å². The maximum absolute atomic E-state index is 12.5. The maximum Gasteiger partial charge on any atom is 0.257 e. The number of nitrogens with zero attached hydrogens (tertiary/aromatic N) is 1. The highest BCUT2D eigenvalue weighted by atomic mass is 35.5. The van der Waals surface area contributed by atoms with E-state index in [1.807, 2.05) is 30.3 Å². The summed E-state index contributed by atoms with van der Waals surface area (Å²) in [6, 6.07) is 9.11. The van der Waals surface area contributed by atoms with Gasteiger partial charge in [-0.3, -0.25) is 14.9 Å². The van der Waals surface area contributed by atoms with E-state index in [1.54, 1.807) is 6.92 Å². The molecule has 2 atom stereocenters. The molecule has 7 heteroatoms. The van der Waals surface area contributed by atoms with Gasteiger partial charge in [0, 0.05) is 5.57 Å². The number of nitrogens with one attached hydrogen (secondary N) is 1. The molecule has 2 unspecified atom stereocenters. The Balaban J connectivity index is 2.19.